The number of fused-ring (bicyclic) bond motifs is 1. The molecule has 0 radical (unpaired) electrons. The second kappa shape index (κ2) is 8.84. The topological polar surface area (TPSA) is 59.8 Å². The van der Waals surface area contributed by atoms with Crippen LogP contribution in [0.1, 0.15) is 17.4 Å². The van der Waals surface area contributed by atoms with E-state index in [1.807, 2.05) is 49.4 Å². The van der Waals surface area contributed by atoms with Crippen LogP contribution in [0.2, 0.25) is 10.0 Å². The summed E-state index contributed by atoms with van der Waals surface area (Å²) >= 11 is 12.0. The van der Waals surface area contributed by atoms with Gasteiger partial charge in [-0.05, 0) is 61.0 Å². The van der Waals surface area contributed by atoms with E-state index in [0.29, 0.717) is 22.9 Å². The smallest absolute Gasteiger partial charge is 0.298 e. The molecule has 31 heavy (non-hydrogen) atoms. The molecule has 0 saturated heterocycles. The monoisotopic (exact) mass is 452 g/mol. The van der Waals surface area contributed by atoms with Crippen LogP contribution in [-0.2, 0) is 4.79 Å². The highest BCUT2D eigenvalue weighted by Gasteiger charge is 2.25. The van der Waals surface area contributed by atoms with Gasteiger partial charge in [-0.2, -0.15) is 0 Å². The highest BCUT2D eigenvalue weighted by Crippen LogP contribution is 2.31. The Morgan fingerprint density at radius 2 is 1.77 bits per heavy atom. The third-order valence-corrected chi connectivity index (χ3v) is 5.30. The van der Waals surface area contributed by atoms with E-state index in [0.717, 1.165) is 16.8 Å². The number of nitrogens with one attached hydrogen (secondary N) is 1. The fraction of sp³-hybridized carbons (Fsp3) is 0.0833. The molecular weight excluding hydrogens is 435 g/mol. The minimum atomic E-state index is -0.791. The van der Waals surface area contributed by atoms with E-state index in [-0.39, 0.29) is 10.7 Å². The fourth-order valence-corrected chi connectivity index (χ4v) is 3.81. The fourth-order valence-electron chi connectivity index (χ4n) is 3.35. The summed E-state index contributed by atoms with van der Waals surface area (Å²) in [5.74, 6) is -0.737. The number of ether oxygens (including phenoxy) is 1. The summed E-state index contributed by atoms with van der Waals surface area (Å²) in [5.41, 5.74) is 2.83. The van der Waals surface area contributed by atoms with Crippen molar-refractivity contribution in [3.05, 3.63) is 88.7 Å². The number of anilines is 1. The van der Waals surface area contributed by atoms with Gasteiger partial charge in [-0.25, -0.2) is 0 Å². The maximum atomic E-state index is 13.2. The molecule has 2 aromatic carbocycles. The zero-order valence-corrected chi connectivity index (χ0v) is 18.1. The second-order valence-electron chi connectivity index (χ2n) is 6.77. The summed E-state index contributed by atoms with van der Waals surface area (Å²) in [6.45, 7) is 2.48. The maximum Gasteiger partial charge on any atom is 0.298 e. The predicted molar refractivity (Wildman–Crippen MR) is 123 cm³/mol. The van der Waals surface area contributed by atoms with Gasteiger partial charge in [0.15, 0.2) is 0 Å². The summed E-state index contributed by atoms with van der Waals surface area (Å²) in [6.07, 6.45) is 1.75. The maximum absolute atomic E-state index is 13.2. The number of carbonyl (C=O) groups excluding carboxylic acids is 2. The van der Waals surface area contributed by atoms with Crippen molar-refractivity contribution in [2.45, 2.75) is 6.92 Å². The van der Waals surface area contributed by atoms with Gasteiger partial charge >= 0.3 is 0 Å². The van der Waals surface area contributed by atoms with Gasteiger partial charge in [-0.3, -0.25) is 9.59 Å². The Balaban J connectivity index is 1.74. The van der Waals surface area contributed by atoms with Crippen LogP contribution in [0.25, 0.3) is 16.6 Å². The first kappa shape index (κ1) is 21.0. The lowest BCUT2D eigenvalue weighted by Crippen LogP contribution is -2.24. The number of aromatic nitrogens is 1. The lowest BCUT2D eigenvalue weighted by Gasteiger charge is -2.09. The lowest BCUT2D eigenvalue weighted by molar-refractivity contribution is -0.112. The molecule has 0 unspecified atom stereocenters. The molecule has 2 heterocycles. The van der Waals surface area contributed by atoms with Crippen LogP contribution in [0.4, 0.5) is 5.69 Å². The molecule has 4 aromatic rings. The molecule has 0 aliphatic carbocycles. The van der Waals surface area contributed by atoms with Crippen LogP contribution < -0.4 is 10.1 Å². The number of hydrogen-bond acceptors (Lipinski definition) is 3. The van der Waals surface area contributed by atoms with Crippen molar-refractivity contribution < 1.29 is 14.3 Å². The van der Waals surface area contributed by atoms with Crippen molar-refractivity contribution in [3.63, 3.8) is 0 Å². The Kier molecular flexibility index (Phi) is 5.98. The minimum absolute atomic E-state index is 0.250. The molecule has 0 fully saturated rings. The number of benzene rings is 2. The van der Waals surface area contributed by atoms with Crippen LogP contribution in [0, 0.1) is 0 Å². The number of amides is 1. The number of pyridine rings is 1. The summed E-state index contributed by atoms with van der Waals surface area (Å²) in [5, 5.41) is 3.27. The Hall–Kier alpha value is -3.28. The quantitative estimate of drug-likeness (QED) is 0.282. The highest BCUT2D eigenvalue weighted by atomic mass is 35.5. The van der Waals surface area contributed by atoms with Gasteiger partial charge in [0.05, 0.1) is 17.3 Å². The molecule has 0 aliphatic rings. The third kappa shape index (κ3) is 4.29. The molecule has 1 N–H and O–H groups in total. The summed E-state index contributed by atoms with van der Waals surface area (Å²) in [6, 6.07) is 19.5. The number of carbonyl (C=O) groups is 2. The van der Waals surface area contributed by atoms with E-state index < -0.39 is 11.7 Å². The van der Waals surface area contributed by atoms with E-state index in [9.17, 15) is 9.59 Å². The minimum Gasteiger partial charge on any atom is -0.494 e. The average Bonchev–Trinajstić information content (AvgIpc) is 3.15. The first-order valence-corrected chi connectivity index (χ1v) is 10.4. The molecule has 0 spiro atoms. The zero-order valence-electron chi connectivity index (χ0n) is 16.6. The molecule has 156 valence electrons. The third-order valence-electron chi connectivity index (χ3n) is 4.76. The van der Waals surface area contributed by atoms with E-state index in [1.54, 1.807) is 28.8 Å². The second-order valence-corrected chi connectivity index (χ2v) is 7.61. The molecule has 4 rings (SSSR count). The van der Waals surface area contributed by atoms with E-state index in [1.165, 1.54) is 6.07 Å². The summed E-state index contributed by atoms with van der Waals surface area (Å²) in [7, 11) is 0. The molecular formula is C24H18Cl2N2O3. The number of ketones is 1. The van der Waals surface area contributed by atoms with Gasteiger partial charge in [0.1, 0.15) is 11.4 Å². The van der Waals surface area contributed by atoms with Gasteiger partial charge in [0.2, 0.25) is 0 Å². The van der Waals surface area contributed by atoms with Crippen LogP contribution in [0.15, 0.2) is 72.9 Å². The van der Waals surface area contributed by atoms with E-state index >= 15 is 0 Å². The molecule has 0 bridgehead atoms. The van der Waals surface area contributed by atoms with Crippen molar-refractivity contribution >= 4 is 46.1 Å². The number of nitrogens with zero attached hydrogens (tertiary/aromatic N) is 1. The molecule has 1 amide bonds. The molecule has 7 heteroatoms. The SMILES string of the molecule is CCOc1ccc(-c2cc3ccccn3c2C(=O)C(=O)Nc2ccc(Cl)cc2Cl)cc1. The number of halogens is 2. The lowest BCUT2D eigenvalue weighted by atomic mass is 10.0. The summed E-state index contributed by atoms with van der Waals surface area (Å²) in [4.78, 5) is 26.1. The number of hydrogen-bond donors (Lipinski definition) is 1. The van der Waals surface area contributed by atoms with Crippen molar-refractivity contribution in [1.82, 2.24) is 4.40 Å². The van der Waals surface area contributed by atoms with Crippen molar-refractivity contribution in [2.75, 3.05) is 11.9 Å². The normalized spacial score (nSPS) is 10.8. The largest absolute Gasteiger partial charge is 0.494 e. The van der Waals surface area contributed by atoms with Gasteiger partial charge in [-0.15, -0.1) is 0 Å². The molecule has 5 nitrogen and oxygen atoms in total. The van der Waals surface area contributed by atoms with Gasteiger partial charge < -0.3 is 14.5 Å². The first-order valence-electron chi connectivity index (χ1n) is 9.62. The average molecular weight is 453 g/mol. The van der Waals surface area contributed by atoms with Crippen LogP contribution >= 0.6 is 23.2 Å². The number of Topliss-reactive ketones (excluding diaryl/α,β-unsaturated/α-hetero) is 1. The molecule has 0 aliphatic heterocycles. The Bertz CT molecular complexity index is 1280. The van der Waals surface area contributed by atoms with Crippen LogP contribution in [0.5, 0.6) is 5.75 Å². The number of rotatable bonds is 6. The molecule has 2 aromatic heterocycles. The van der Waals surface area contributed by atoms with E-state index in [2.05, 4.69) is 5.32 Å². The standard InChI is InChI=1S/C24H18Cl2N2O3/c1-2-31-18-9-6-15(7-10-18)19-14-17-5-3-4-12-28(17)22(19)23(29)24(30)27-21-11-8-16(25)13-20(21)26/h3-14H,2H2,1H3,(H,27,30). The molecule has 0 atom stereocenters. The van der Waals surface area contributed by atoms with Crippen LogP contribution in [0.3, 0.4) is 0 Å². The summed E-state index contributed by atoms with van der Waals surface area (Å²) < 4.78 is 7.20. The zero-order chi connectivity index (χ0) is 22.0. The predicted octanol–water partition coefficient (Wildman–Crippen LogP) is 6.13. The van der Waals surface area contributed by atoms with Crippen LogP contribution in [-0.4, -0.2) is 22.7 Å². The van der Waals surface area contributed by atoms with Gasteiger partial charge in [0, 0.05) is 22.3 Å². The van der Waals surface area contributed by atoms with Gasteiger partial charge in [-0.1, -0.05) is 41.4 Å². The molecule has 0 saturated carbocycles. The Morgan fingerprint density at radius 1 is 1.00 bits per heavy atom. The van der Waals surface area contributed by atoms with E-state index in [4.69, 9.17) is 27.9 Å². The highest BCUT2D eigenvalue weighted by molar-refractivity contribution is 6.48. The van der Waals surface area contributed by atoms with Crippen molar-refractivity contribution in [2.24, 2.45) is 0 Å². The van der Waals surface area contributed by atoms with Crippen molar-refractivity contribution in [1.29, 1.82) is 0 Å². The first-order chi connectivity index (χ1) is 15.0. The van der Waals surface area contributed by atoms with Gasteiger partial charge in [0.25, 0.3) is 11.7 Å². The van der Waals surface area contributed by atoms with Crippen molar-refractivity contribution in [3.8, 4) is 16.9 Å². The Labute approximate surface area is 189 Å². The Morgan fingerprint density at radius 3 is 2.48 bits per heavy atom.